The molecule has 0 bridgehead atoms. The van der Waals surface area contributed by atoms with Crippen molar-refractivity contribution in [2.24, 2.45) is 0 Å². The van der Waals surface area contributed by atoms with Gasteiger partial charge in [0.1, 0.15) is 0 Å². The second-order valence-corrected chi connectivity index (χ2v) is 31.4. The zero-order chi connectivity index (χ0) is 48.6. The van der Waals surface area contributed by atoms with E-state index in [9.17, 15) is 0 Å². The number of ether oxygens (including phenoxy) is 6. The Morgan fingerprint density at radius 1 is 0.273 bits per heavy atom. The Hall–Kier alpha value is 2.91. The first-order valence-electron chi connectivity index (χ1n) is 26.6. The fourth-order valence-corrected chi connectivity index (χ4v) is 22.2. The normalized spacial score (nSPS) is 12.4. The highest BCUT2D eigenvalue weighted by atomic mass is 33.7. The van der Waals surface area contributed by atoms with Crippen LogP contribution in [0.1, 0.15) is 209 Å². The number of unbranched alkanes of at least 4 members (excludes halogenated alkanes) is 18. The van der Waals surface area contributed by atoms with Crippen LogP contribution in [0.3, 0.4) is 0 Å². The third kappa shape index (κ3) is 51.8. The molecule has 0 aliphatic carbocycles. The molecule has 0 saturated heterocycles. The first-order valence-corrected chi connectivity index (χ1v) is 40.1. The topological polar surface area (TPSA) is 73.8 Å². The van der Waals surface area contributed by atoms with Gasteiger partial charge in [0, 0.05) is 88.7 Å². The first kappa shape index (κ1) is 71.0. The minimum Gasteiger partial charge on any atom is -0.424 e. The minimum atomic E-state index is -0.830. The molecule has 0 N–H and O–H groups in total. The molecule has 400 valence electrons. The van der Waals surface area contributed by atoms with E-state index in [1.807, 2.05) is 124 Å². The monoisotopic (exact) mass is 1120 g/mol. The second-order valence-electron chi connectivity index (χ2n) is 15.9. The lowest BCUT2D eigenvalue weighted by Gasteiger charge is -2.32. The molecular weight excluding hydrogens is 1020 g/mol. The lowest BCUT2D eigenvalue weighted by molar-refractivity contribution is -0.380. The molecule has 0 aromatic heterocycles. The Labute approximate surface area is 445 Å². The van der Waals surface area contributed by atoms with Crippen molar-refractivity contribution in [3.8, 4) is 0 Å². The average Bonchev–Trinajstić information content (AvgIpc) is 3.31. The summed E-state index contributed by atoms with van der Waals surface area (Å²) in [5.74, 6) is 3.47. The maximum atomic E-state index is 5.83. The molecule has 0 unspecified atom stereocenters. The van der Waals surface area contributed by atoms with Crippen LogP contribution in [0.5, 0.6) is 0 Å². The van der Waals surface area contributed by atoms with E-state index in [4.69, 9.17) is 37.3 Å². The molecule has 0 rings (SSSR count). The molecule has 0 aromatic carbocycles. The fourth-order valence-electron chi connectivity index (χ4n) is 7.07. The van der Waals surface area contributed by atoms with Crippen LogP contribution >= 0.6 is 82.5 Å². The van der Waals surface area contributed by atoms with Crippen molar-refractivity contribution in [2.45, 2.75) is 234 Å². The highest BCUT2D eigenvalue weighted by Gasteiger charge is 2.32. The summed E-state index contributed by atoms with van der Waals surface area (Å²) in [5.41, 5.74) is 0. The Morgan fingerprint density at radius 3 is 0.742 bits per heavy atom. The summed E-state index contributed by atoms with van der Waals surface area (Å²) >= 11 is 0. The lowest BCUT2D eigenvalue weighted by atomic mass is 10.1. The highest BCUT2D eigenvalue weighted by Crippen LogP contribution is 2.44. The third-order valence-electron chi connectivity index (χ3n) is 10.3. The first-order chi connectivity index (χ1) is 32.5. The van der Waals surface area contributed by atoms with E-state index in [1.165, 1.54) is 164 Å². The zero-order valence-electron chi connectivity index (χ0n) is 43.8. The van der Waals surface area contributed by atoms with Crippen LogP contribution in [0.15, 0.2) is 0 Å². The Kier molecular flexibility index (Phi) is 65.0. The molecule has 0 aliphatic rings. The summed E-state index contributed by atoms with van der Waals surface area (Å²) in [6.45, 7) is 21.7. The van der Waals surface area contributed by atoms with E-state index in [1.54, 1.807) is 0 Å². The van der Waals surface area contributed by atoms with Gasteiger partial charge in [0.05, 0.1) is 0 Å². The molecular formula is C48H104O8S8Si2. The van der Waals surface area contributed by atoms with Gasteiger partial charge in [0.15, 0.2) is 19.5 Å². The van der Waals surface area contributed by atoms with Gasteiger partial charge in [0.2, 0.25) is 0 Å². The summed E-state index contributed by atoms with van der Waals surface area (Å²) in [6, 6.07) is 2.67. The van der Waals surface area contributed by atoms with Gasteiger partial charge >= 0.3 is 0 Å². The van der Waals surface area contributed by atoms with Gasteiger partial charge in [-0.05, 0) is 145 Å². The molecule has 18 heteroatoms. The van der Waals surface area contributed by atoms with Crippen LogP contribution in [0.2, 0.25) is 12.1 Å². The van der Waals surface area contributed by atoms with Crippen molar-refractivity contribution in [3.63, 3.8) is 0 Å². The van der Waals surface area contributed by atoms with Crippen molar-refractivity contribution in [1.29, 1.82) is 0 Å². The molecule has 0 fully saturated rings. The number of hydrogen-bond acceptors (Lipinski definition) is 16. The quantitative estimate of drug-likeness (QED) is 0.0251. The molecule has 0 saturated carbocycles. The van der Waals surface area contributed by atoms with Crippen molar-refractivity contribution >= 4 is 102 Å². The van der Waals surface area contributed by atoms with Crippen LogP contribution in [0, 0.1) is 0 Å². The van der Waals surface area contributed by atoms with Crippen molar-refractivity contribution in [3.05, 3.63) is 0 Å². The largest absolute Gasteiger partial charge is 0.424 e. The summed E-state index contributed by atoms with van der Waals surface area (Å²) in [5, 5.41) is 0. The van der Waals surface area contributed by atoms with Gasteiger partial charge in [-0.2, -0.15) is 0 Å². The van der Waals surface area contributed by atoms with Gasteiger partial charge < -0.3 is 37.3 Å². The van der Waals surface area contributed by atoms with E-state index in [2.05, 4.69) is 13.8 Å². The molecule has 0 aliphatic heterocycles. The van der Waals surface area contributed by atoms with Crippen LogP contribution < -0.4 is 0 Å². The van der Waals surface area contributed by atoms with Crippen LogP contribution in [0.4, 0.5) is 0 Å². The van der Waals surface area contributed by atoms with Gasteiger partial charge in [0.25, 0.3) is 11.9 Å². The SMILES string of the molecule is CCOC(CCCCCCCCCCCCSSSSCCCCCCCCCCCCC(OCC)(OCC)OCC)(OCC)OCC.CCO[SiH2]CCCSSSSCCC[SiH2]OCC. The maximum Gasteiger partial charge on any atom is 0.282 e. The van der Waals surface area contributed by atoms with Gasteiger partial charge in [-0.15, -0.1) is 0 Å². The molecule has 8 nitrogen and oxygen atoms in total. The van der Waals surface area contributed by atoms with E-state index in [0.717, 1.165) is 38.9 Å². The Morgan fingerprint density at radius 2 is 0.500 bits per heavy atom. The van der Waals surface area contributed by atoms with Gasteiger partial charge in [-0.3, -0.25) is 0 Å². The Bertz CT molecular complexity index is 803. The predicted molar refractivity (Wildman–Crippen MR) is 316 cm³/mol. The van der Waals surface area contributed by atoms with Crippen molar-refractivity contribution in [2.75, 3.05) is 75.9 Å². The summed E-state index contributed by atoms with van der Waals surface area (Å²) < 4.78 is 45.9. The van der Waals surface area contributed by atoms with Crippen LogP contribution in [-0.2, 0) is 37.3 Å². The summed E-state index contributed by atoms with van der Waals surface area (Å²) in [6.07, 6.45) is 30.8. The van der Waals surface area contributed by atoms with Crippen LogP contribution in [0.25, 0.3) is 0 Å². The zero-order valence-corrected chi connectivity index (χ0v) is 53.2. The van der Waals surface area contributed by atoms with E-state index >= 15 is 0 Å². The summed E-state index contributed by atoms with van der Waals surface area (Å²) in [7, 11) is 15.5. The molecule has 0 spiro atoms. The summed E-state index contributed by atoms with van der Waals surface area (Å²) in [4.78, 5) is 0. The van der Waals surface area contributed by atoms with E-state index in [-0.39, 0.29) is 19.5 Å². The van der Waals surface area contributed by atoms with Crippen molar-refractivity contribution in [1.82, 2.24) is 0 Å². The second kappa shape index (κ2) is 60.5. The molecule has 0 amide bonds. The third-order valence-corrected chi connectivity index (χ3v) is 26.5. The van der Waals surface area contributed by atoms with E-state index < -0.39 is 11.9 Å². The van der Waals surface area contributed by atoms with E-state index in [0.29, 0.717) is 39.6 Å². The van der Waals surface area contributed by atoms with Gasteiger partial charge in [-0.25, -0.2) is 0 Å². The number of hydrogen-bond donors (Lipinski definition) is 0. The molecule has 0 heterocycles. The van der Waals surface area contributed by atoms with Gasteiger partial charge in [-0.1, -0.05) is 146 Å². The average molecular weight is 1120 g/mol. The van der Waals surface area contributed by atoms with Crippen LogP contribution in [-0.4, -0.2) is 107 Å². The van der Waals surface area contributed by atoms with Crippen molar-refractivity contribution < 1.29 is 37.3 Å². The molecule has 0 radical (unpaired) electrons. The predicted octanol–water partition coefficient (Wildman–Crippen LogP) is 17.3. The highest BCUT2D eigenvalue weighted by molar-refractivity contribution is 9.26. The minimum absolute atomic E-state index is 0.189. The fraction of sp³-hybridized carbons (Fsp3) is 1.00. The smallest absolute Gasteiger partial charge is 0.282 e. The standard InChI is InChI=1S/C38H78O6S4.C10H26O2S4Si2/c1-7-39-37(40-8-2,41-9-3)33-29-25-21-17-13-15-19-23-27-31-35-45-47-48-46-36-32-28-24-20-16-14-18-22-26-30-34-38(42-10-4,43-11-5)44-12-6;1-3-11-17-9-5-7-13-15-16-14-8-6-10-18-12-4-2/h7-36H2,1-6H3;3-10,17-18H2,1-2H3. The Balaban J connectivity index is 0. The molecule has 0 atom stereocenters. The lowest BCUT2D eigenvalue weighted by Crippen LogP contribution is -2.39. The maximum absolute atomic E-state index is 5.83. The molecule has 0 aromatic rings. The number of rotatable bonds is 56. The molecule has 66 heavy (non-hydrogen) atoms.